The summed E-state index contributed by atoms with van der Waals surface area (Å²) >= 11 is 5.95. The van der Waals surface area contributed by atoms with Crippen molar-refractivity contribution < 1.29 is 9.53 Å². The lowest BCUT2D eigenvalue weighted by Crippen LogP contribution is -2.55. The summed E-state index contributed by atoms with van der Waals surface area (Å²) in [5.74, 6) is 0.463. The van der Waals surface area contributed by atoms with Crippen molar-refractivity contribution in [3.63, 3.8) is 0 Å². The Bertz CT molecular complexity index is 638. The predicted octanol–water partition coefficient (Wildman–Crippen LogP) is 2.45. The number of amides is 1. The first-order chi connectivity index (χ1) is 10.7. The van der Waals surface area contributed by atoms with E-state index >= 15 is 0 Å². The quantitative estimate of drug-likeness (QED) is 0.732. The number of rotatable bonds is 1. The number of piperazine rings is 1. The molecule has 0 aromatic carbocycles. The predicted molar refractivity (Wildman–Crippen MR) is 86.4 cm³/mol. The topological polar surface area (TPSA) is 82.4 Å². The molecule has 124 valence electrons. The largest absolute Gasteiger partial charge is 0.444 e. The summed E-state index contributed by atoms with van der Waals surface area (Å²) in [7, 11) is 0. The molecule has 8 heteroatoms. The summed E-state index contributed by atoms with van der Waals surface area (Å²) < 4.78 is 5.42. The summed E-state index contributed by atoms with van der Waals surface area (Å²) in [5.41, 5.74) is -0.270. The molecule has 0 aliphatic carbocycles. The van der Waals surface area contributed by atoms with E-state index in [4.69, 9.17) is 21.6 Å². The van der Waals surface area contributed by atoms with Crippen LogP contribution in [0.15, 0.2) is 6.20 Å². The molecule has 1 fully saturated rings. The lowest BCUT2D eigenvalue weighted by molar-refractivity contribution is 0.0158. The monoisotopic (exact) mass is 337 g/mol. The van der Waals surface area contributed by atoms with Crippen molar-refractivity contribution in [3.05, 3.63) is 16.9 Å². The van der Waals surface area contributed by atoms with E-state index in [9.17, 15) is 4.79 Å². The van der Waals surface area contributed by atoms with Gasteiger partial charge in [0, 0.05) is 25.7 Å². The number of aromatic nitrogens is 2. The zero-order valence-electron chi connectivity index (χ0n) is 13.7. The summed E-state index contributed by atoms with van der Waals surface area (Å²) in [5, 5.41) is 9.00. The number of carbonyl (C=O) groups is 1. The number of halogens is 1. The maximum absolute atomic E-state index is 12.2. The maximum atomic E-state index is 12.2. The zero-order valence-corrected chi connectivity index (χ0v) is 14.5. The minimum Gasteiger partial charge on any atom is -0.444 e. The molecule has 1 amide bonds. The lowest BCUT2D eigenvalue weighted by atomic mass is 10.2. The van der Waals surface area contributed by atoms with Gasteiger partial charge in [0.25, 0.3) is 0 Å². The molecule has 0 spiro atoms. The van der Waals surface area contributed by atoms with E-state index in [-0.39, 0.29) is 22.9 Å². The normalized spacial score (nSPS) is 18.5. The van der Waals surface area contributed by atoms with Crippen LogP contribution in [0.25, 0.3) is 0 Å². The van der Waals surface area contributed by atoms with Gasteiger partial charge in [-0.2, -0.15) is 10.2 Å². The van der Waals surface area contributed by atoms with Crippen molar-refractivity contribution in [1.29, 1.82) is 5.26 Å². The summed E-state index contributed by atoms with van der Waals surface area (Å²) in [6, 6.07) is 1.89. The van der Waals surface area contributed by atoms with Gasteiger partial charge in [-0.3, -0.25) is 0 Å². The number of hydrogen-bond acceptors (Lipinski definition) is 6. The third-order valence-corrected chi connectivity index (χ3v) is 3.68. The molecule has 1 aromatic heterocycles. The van der Waals surface area contributed by atoms with E-state index in [1.54, 1.807) is 4.90 Å². The number of nitriles is 1. The van der Waals surface area contributed by atoms with Crippen LogP contribution in [-0.4, -0.2) is 52.2 Å². The Morgan fingerprint density at radius 2 is 2.17 bits per heavy atom. The van der Waals surface area contributed by atoms with Gasteiger partial charge in [-0.1, -0.05) is 11.6 Å². The Morgan fingerprint density at radius 1 is 1.48 bits per heavy atom. The van der Waals surface area contributed by atoms with Crippen molar-refractivity contribution in [2.75, 3.05) is 24.5 Å². The van der Waals surface area contributed by atoms with Crippen LogP contribution >= 0.6 is 11.6 Å². The molecular weight excluding hydrogens is 318 g/mol. The Balaban J connectivity index is 2.05. The highest BCUT2D eigenvalue weighted by Crippen LogP contribution is 2.20. The Labute approximate surface area is 140 Å². The third kappa shape index (κ3) is 4.23. The van der Waals surface area contributed by atoms with Crippen LogP contribution in [-0.2, 0) is 4.74 Å². The molecule has 2 rings (SSSR count). The molecule has 1 saturated heterocycles. The highest BCUT2D eigenvalue weighted by atomic mass is 35.5. The first-order valence-electron chi connectivity index (χ1n) is 7.38. The second-order valence-corrected chi connectivity index (χ2v) is 6.81. The highest BCUT2D eigenvalue weighted by molar-refractivity contribution is 6.30. The molecule has 1 atom stereocenters. The van der Waals surface area contributed by atoms with E-state index in [0.29, 0.717) is 25.6 Å². The van der Waals surface area contributed by atoms with Gasteiger partial charge in [0.1, 0.15) is 17.2 Å². The molecular formula is C15H20ClN5O2. The van der Waals surface area contributed by atoms with Crippen molar-refractivity contribution in [1.82, 2.24) is 14.9 Å². The minimum absolute atomic E-state index is 0.0448. The molecule has 0 radical (unpaired) electrons. The average Bonchev–Trinajstić information content (AvgIpc) is 2.45. The van der Waals surface area contributed by atoms with E-state index in [2.05, 4.69) is 9.97 Å². The molecule has 0 saturated carbocycles. The van der Waals surface area contributed by atoms with Crippen LogP contribution < -0.4 is 4.90 Å². The second kappa shape index (κ2) is 6.59. The van der Waals surface area contributed by atoms with Crippen LogP contribution in [0.1, 0.15) is 33.3 Å². The number of nitrogens with zero attached hydrogens (tertiary/aromatic N) is 5. The Hall–Kier alpha value is -2.07. The molecule has 23 heavy (non-hydrogen) atoms. The fourth-order valence-electron chi connectivity index (χ4n) is 2.31. The van der Waals surface area contributed by atoms with Crippen LogP contribution in [0.3, 0.4) is 0 Å². The molecule has 0 unspecified atom stereocenters. The molecule has 1 aromatic rings. The Morgan fingerprint density at radius 3 is 2.70 bits per heavy atom. The van der Waals surface area contributed by atoms with Crippen LogP contribution in [0.2, 0.25) is 5.15 Å². The molecule has 1 aliphatic heterocycles. The van der Waals surface area contributed by atoms with Crippen molar-refractivity contribution >= 4 is 23.6 Å². The lowest BCUT2D eigenvalue weighted by Gasteiger charge is -2.40. The third-order valence-electron chi connectivity index (χ3n) is 3.39. The van der Waals surface area contributed by atoms with Crippen LogP contribution in [0.5, 0.6) is 0 Å². The van der Waals surface area contributed by atoms with E-state index in [1.165, 1.54) is 6.20 Å². The van der Waals surface area contributed by atoms with Crippen molar-refractivity contribution in [2.45, 2.75) is 39.3 Å². The average molecular weight is 338 g/mol. The van der Waals surface area contributed by atoms with Gasteiger partial charge in [-0.25, -0.2) is 9.78 Å². The molecule has 0 bridgehead atoms. The first-order valence-corrected chi connectivity index (χ1v) is 7.76. The van der Waals surface area contributed by atoms with Gasteiger partial charge in [0.2, 0.25) is 5.95 Å². The summed E-state index contributed by atoms with van der Waals surface area (Å²) in [6.07, 6.45) is 1.10. The van der Waals surface area contributed by atoms with Gasteiger partial charge >= 0.3 is 6.09 Å². The molecule has 0 N–H and O–H groups in total. The summed E-state index contributed by atoms with van der Waals surface area (Å²) in [4.78, 5) is 24.2. The van der Waals surface area contributed by atoms with Gasteiger partial charge < -0.3 is 14.5 Å². The van der Waals surface area contributed by atoms with Gasteiger partial charge in [0.05, 0.1) is 6.20 Å². The van der Waals surface area contributed by atoms with E-state index in [1.807, 2.05) is 38.7 Å². The van der Waals surface area contributed by atoms with Gasteiger partial charge in [-0.15, -0.1) is 0 Å². The fraction of sp³-hybridized carbons (Fsp3) is 0.600. The smallest absolute Gasteiger partial charge is 0.410 e. The summed E-state index contributed by atoms with van der Waals surface area (Å²) in [6.45, 7) is 9.14. The maximum Gasteiger partial charge on any atom is 0.410 e. The van der Waals surface area contributed by atoms with Gasteiger partial charge in [-0.05, 0) is 27.7 Å². The van der Waals surface area contributed by atoms with Gasteiger partial charge in [0.15, 0.2) is 5.15 Å². The van der Waals surface area contributed by atoms with E-state index in [0.717, 1.165) is 0 Å². The van der Waals surface area contributed by atoms with E-state index < -0.39 is 5.60 Å². The molecule has 2 heterocycles. The number of hydrogen-bond donors (Lipinski definition) is 0. The SMILES string of the molecule is C[C@@H]1CN(c2ncc(C#N)c(Cl)n2)CCN1C(=O)OC(C)(C)C. The highest BCUT2D eigenvalue weighted by Gasteiger charge is 2.31. The van der Waals surface area contributed by atoms with Crippen molar-refractivity contribution in [3.8, 4) is 6.07 Å². The number of ether oxygens (including phenoxy) is 1. The van der Waals surface area contributed by atoms with Crippen molar-refractivity contribution in [2.24, 2.45) is 0 Å². The fourth-order valence-corrected chi connectivity index (χ4v) is 2.48. The zero-order chi connectivity index (χ0) is 17.2. The number of carbonyl (C=O) groups excluding carboxylic acids is 1. The first kappa shape index (κ1) is 17.3. The molecule has 1 aliphatic rings. The van der Waals surface area contributed by atoms with Crippen LogP contribution in [0, 0.1) is 11.3 Å². The minimum atomic E-state index is -0.516. The second-order valence-electron chi connectivity index (χ2n) is 6.46. The van der Waals surface area contributed by atoms with Crippen LogP contribution in [0.4, 0.5) is 10.7 Å². The number of anilines is 1. The Kier molecular flexibility index (Phi) is 4.95. The standard InChI is InChI=1S/C15H20ClN5O2/c1-10-9-20(13-18-8-11(7-17)12(16)19-13)5-6-21(10)14(22)23-15(2,3)4/h8,10H,5-6,9H2,1-4H3/t10-/m1/s1. The molecule has 7 nitrogen and oxygen atoms in total.